The predicted octanol–water partition coefficient (Wildman–Crippen LogP) is 4.19. The van der Waals surface area contributed by atoms with Crippen LogP contribution in [0, 0.1) is 19.7 Å². The van der Waals surface area contributed by atoms with Gasteiger partial charge in [-0.05, 0) is 79.1 Å². The topological polar surface area (TPSA) is 92.3 Å². The molecule has 0 aromatic heterocycles. The van der Waals surface area contributed by atoms with E-state index in [4.69, 9.17) is 0 Å². The minimum Gasteiger partial charge on any atom is -0.283 e. The molecule has 0 aliphatic rings. The van der Waals surface area contributed by atoms with Crippen molar-refractivity contribution in [2.45, 2.75) is 24.5 Å². The molecular formula is C21H21FN2O4S2. The number of nitrogens with one attached hydrogen (secondary N) is 2. The van der Waals surface area contributed by atoms with Gasteiger partial charge in [0.15, 0.2) is 0 Å². The summed E-state index contributed by atoms with van der Waals surface area (Å²) in [6, 6.07) is 15.8. The molecule has 30 heavy (non-hydrogen) atoms. The summed E-state index contributed by atoms with van der Waals surface area (Å²) in [5.41, 5.74) is 3.11. The molecule has 0 radical (unpaired) electrons. The van der Waals surface area contributed by atoms with E-state index >= 15 is 0 Å². The van der Waals surface area contributed by atoms with Gasteiger partial charge in [0, 0.05) is 11.4 Å². The quantitative estimate of drug-likeness (QED) is 0.567. The van der Waals surface area contributed by atoms with Crippen molar-refractivity contribution in [2.24, 2.45) is 0 Å². The molecule has 0 fully saturated rings. The van der Waals surface area contributed by atoms with Gasteiger partial charge >= 0.3 is 0 Å². The number of sulfonamides is 2. The first-order chi connectivity index (χ1) is 14.0. The van der Waals surface area contributed by atoms with Crippen LogP contribution < -0.4 is 9.44 Å². The monoisotopic (exact) mass is 448 g/mol. The molecule has 0 unspecified atom stereocenters. The van der Waals surface area contributed by atoms with Crippen LogP contribution in [-0.2, 0) is 25.8 Å². The Balaban J connectivity index is 1.71. The van der Waals surface area contributed by atoms with Crippen molar-refractivity contribution in [1.29, 1.82) is 0 Å². The fourth-order valence-corrected chi connectivity index (χ4v) is 4.98. The molecule has 2 N–H and O–H groups in total. The van der Waals surface area contributed by atoms with E-state index in [1.165, 1.54) is 48.5 Å². The van der Waals surface area contributed by atoms with Crippen LogP contribution in [-0.4, -0.2) is 16.8 Å². The number of hydrogen-bond acceptors (Lipinski definition) is 4. The van der Waals surface area contributed by atoms with E-state index in [1.807, 2.05) is 19.9 Å². The Hall–Kier alpha value is -2.91. The number of aryl methyl sites for hydroxylation is 2. The molecule has 0 amide bonds. The SMILES string of the molecule is Cc1ccc(NS(=O)(=O)c2ccc(NS(=O)(=O)Cc3ccc(F)cc3)cc2)cc1C. The van der Waals surface area contributed by atoms with Crippen molar-refractivity contribution in [2.75, 3.05) is 9.44 Å². The molecule has 0 aliphatic heterocycles. The second-order valence-electron chi connectivity index (χ2n) is 6.92. The van der Waals surface area contributed by atoms with Gasteiger partial charge in [0.05, 0.1) is 10.6 Å². The Morgan fingerprint density at radius 1 is 0.733 bits per heavy atom. The lowest BCUT2D eigenvalue weighted by atomic mass is 10.1. The van der Waals surface area contributed by atoms with Gasteiger partial charge in [0.2, 0.25) is 10.0 Å². The lowest BCUT2D eigenvalue weighted by molar-refractivity contribution is 0.599. The van der Waals surface area contributed by atoms with Gasteiger partial charge in [0.1, 0.15) is 5.82 Å². The van der Waals surface area contributed by atoms with Crippen molar-refractivity contribution in [3.8, 4) is 0 Å². The molecule has 0 spiro atoms. The van der Waals surface area contributed by atoms with Crippen molar-refractivity contribution in [1.82, 2.24) is 0 Å². The number of rotatable bonds is 7. The summed E-state index contributed by atoms with van der Waals surface area (Å²) in [7, 11) is -7.56. The molecule has 158 valence electrons. The van der Waals surface area contributed by atoms with Gasteiger partial charge in [-0.1, -0.05) is 18.2 Å². The fourth-order valence-electron chi connectivity index (χ4n) is 2.74. The third-order valence-corrected chi connectivity index (χ3v) is 7.12. The van der Waals surface area contributed by atoms with E-state index in [0.717, 1.165) is 11.1 Å². The van der Waals surface area contributed by atoms with Crippen LogP contribution in [0.4, 0.5) is 15.8 Å². The van der Waals surface area contributed by atoms with Crippen LogP contribution in [0.15, 0.2) is 71.6 Å². The van der Waals surface area contributed by atoms with Crippen LogP contribution in [0.2, 0.25) is 0 Å². The summed E-state index contributed by atoms with van der Waals surface area (Å²) in [5, 5.41) is 0. The molecule has 0 bridgehead atoms. The Morgan fingerprint density at radius 2 is 1.33 bits per heavy atom. The van der Waals surface area contributed by atoms with Gasteiger partial charge in [-0.25, -0.2) is 21.2 Å². The third kappa shape index (κ3) is 5.58. The van der Waals surface area contributed by atoms with Crippen LogP contribution >= 0.6 is 0 Å². The molecule has 6 nitrogen and oxygen atoms in total. The van der Waals surface area contributed by atoms with Crippen LogP contribution in [0.5, 0.6) is 0 Å². The summed E-state index contributed by atoms with van der Waals surface area (Å²) >= 11 is 0. The maximum Gasteiger partial charge on any atom is 0.261 e. The van der Waals surface area contributed by atoms with E-state index in [1.54, 1.807) is 12.1 Å². The van der Waals surface area contributed by atoms with E-state index in [2.05, 4.69) is 9.44 Å². The zero-order valence-corrected chi connectivity index (χ0v) is 18.0. The van der Waals surface area contributed by atoms with Crippen LogP contribution in [0.25, 0.3) is 0 Å². The second kappa shape index (κ2) is 8.45. The zero-order valence-electron chi connectivity index (χ0n) is 16.4. The van der Waals surface area contributed by atoms with E-state index in [-0.39, 0.29) is 16.3 Å². The molecule has 0 aliphatic carbocycles. The number of benzene rings is 3. The van der Waals surface area contributed by atoms with Gasteiger partial charge in [-0.2, -0.15) is 0 Å². The molecule has 9 heteroatoms. The molecule has 0 heterocycles. The maximum atomic E-state index is 13.0. The summed E-state index contributed by atoms with van der Waals surface area (Å²) < 4.78 is 67.6. The molecular weight excluding hydrogens is 427 g/mol. The molecule has 0 saturated carbocycles. The standard InChI is InChI=1S/C21H21FN2O4S2/c1-15-3-8-20(13-16(15)2)24-30(27,28)21-11-9-19(10-12-21)23-29(25,26)14-17-4-6-18(22)7-5-17/h3-13,23-24H,14H2,1-2H3. The Bertz CT molecular complexity index is 1260. The highest BCUT2D eigenvalue weighted by Gasteiger charge is 2.16. The van der Waals surface area contributed by atoms with Gasteiger partial charge in [-0.3, -0.25) is 9.44 Å². The minimum absolute atomic E-state index is 0.00205. The third-order valence-electron chi connectivity index (χ3n) is 4.47. The number of hydrogen-bond donors (Lipinski definition) is 2. The Kier molecular flexibility index (Phi) is 6.14. The first-order valence-corrected chi connectivity index (χ1v) is 12.1. The number of halogens is 1. The highest BCUT2D eigenvalue weighted by atomic mass is 32.2. The Morgan fingerprint density at radius 3 is 1.93 bits per heavy atom. The summed E-state index contributed by atoms with van der Waals surface area (Å²) in [5.74, 6) is -0.780. The van der Waals surface area contributed by atoms with Crippen LogP contribution in [0.3, 0.4) is 0 Å². The van der Waals surface area contributed by atoms with Crippen LogP contribution in [0.1, 0.15) is 16.7 Å². The second-order valence-corrected chi connectivity index (χ2v) is 10.3. The molecule has 0 saturated heterocycles. The number of anilines is 2. The summed E-state index contributed by atoms with van der Waals surface area (Å²) in [4.78, 5) is 0.00205. The molecule has 0 atom stereocenters. The smallest absolute Gasteiger partial charge is 0.261 e. The first kappa shape index (κ1) is 21.8. The van der Waals surface area contributed by atoms with Crippen molar-refractivity contribution >= 4 is 31.4 Å². The fraction of sp³-hybridized carbons (Fsp3) is 0.143. The van der Waals surface area contributed by atoms with E-state index in [9.17, 15) is 21.2 Å². The lowest BCUT2D eigenvalue weighted by Crippen LogP contribution is -2.16. The van der Waals surface area contributed by atoms with E-state index < -0.39 is 25.9 Å². The highest BCUT2D eigenvalue weighted by Crippen LogP contribution is 2.21. The lowest BCUT2D eigenvalue weighted by Gasteiger charge is -2.11. The molecule has 3 aromatic rings. The normalized spacial score (nSPS) is 11.8. The van der Waals surface area contributed by atoms with Gasteiger partial charge < -0.3 is 0 Å². The predicted molar refractivity (Wildman–Crippen MR) is 116 cm³/mol. The summed E-state index contributed by atoms with van der Waals surface area (Å²) in [6.07, 6.45) is 0. The molecule has 3 aromatic carbocycles. The first-order valence-electron chi connectivity index (χ1n) is 8.99. The van der Waals surface area contributed by atoms with Gasteiger partial charge in [0.25, 0.3) is 10.0 Å². The van der Waals surface area contributed by atoms with Gasteiger partial charge in [-0.15, -0.1) is 0 Å². The minimum atomic E-state index is -3.82. The average molecular weight is 449 g/mol. The van der Waals surface area contributed by atoms with Crippen molar-refractivity contribution in [3.05, 3.63) is 89.2 Å². The average Bonchev–Trinajstić information content (AvgIpc) is 2.66. The zero-order chi connectivity index (χ0) is 21.9. The molecule has 3 rings (SSSR count). The highest BCUT2D eigenvalue weighted by molar-refractivity contribution is 7.92. The summed E-state index contributed by atoms with van der Waals surface area (Å²) in [6.45, 7) is 3.82. The maximum absolute atomic E-state index is 13.0. The largest absolute Gasteiger partial charge is 0.283 e. The Labute approximate surface area is 175 Å². The van der Waals surface area contributed by atoms with E-state index in [0.29, 0.717) is 11.3 Å². The van der Waals surface area contributed by atoms with Crippen molar-refractivity contribution < 1.29 is 21.2 Å². The van der Waals surface area contributed by atoms with Crippen molar-refractivity contribution in [3.63, 3.8) is 0 Å².